The van der Waals surface area contributed by atoms with E-state index in [-0.39, 0.29) is 0 Å². The van der Waals surface area contributed by atoms with Gasteiger partial charge in [-0.15, -0.1) is 0 Å². The summed E-state index contributed by atoms with van der Waals surface area (Å²) in [5, 5.41) is 7.71. The Morgan fingerprint density at radius 3 is 1.41 bits per heavy atom. The molecule has 6 atom stereocenters. The van der Waals surface area contributed by atoms with Crippen LogP contribution in [0.25, 0.3) is 0 Å². The van der Waals surface area contributed by atoms with Gasteiger partial charge in [-0.1, -0.05) is 12.8 Å². The molecule has 3 saturated heterocycles. The first-order valence-electron chi connectivity index (χ1n) is 9.23. The second-order valence-corrected chi connectivity index (χ2v) is 7.53. The van der Waals surface area contributed by atoms with Crippen LogP contribution in [-0.2, 0) is 0 Å². The van der Waals surface area contributed by atoms with Crippen molar-refractivity contribution in [3.8, 4) is 0 Å². The molecule has 6 unspecified atom stereocenters. The van der Waals surface area contributed by atoms with Crippen LogP contribution in [0.4, 0.5) is 0 Å². The Balaban J connectivity index is 1.41. The molecular formula is C16H32N6. The molecule has 4 aliphatic rings. The normalized spacial score (nSPS) is 46.9. The molecule has 1 saturated carbocycles. The van der Waals surface area contributed by atoms with Gasteiger partial charge < -0.3 is 0 Å². The molecule has 0 radical (unpaired) electrons. The van der Waals surface area contributed by atoms with E-state index in [1.807, 2.05) is 0 Å². The van der Waals surface area contributed by atoms with Crippen molar-refractivity contribution in [2.24, 2.45) is 0 Å². The lowest BCUT2D eigenvalue weighted by Crippen LogP contribution is -2.54. The van der Waals surface area contributed by atoms with Crippen molar-refractivity contribution in [1.82, 2.24) is 30.2 Å². The SMILES string of the molecule is C1CCC2NCN3CCN(CCN4CCN(CNC2C1)C4)C3. The van der Waals surface area contributed by atoms with E-state index in [9.17, 15) is 0 Å². The quantitative estimate of drug-likeness (QED) is 0.632. The third-order valence-corrected chi connectivity index (χ3v) is 5.92. The maximum Gasteiger partial charge on any atom is 0.0519 e. The Morgan fingerprint density at radius 1 is 0.545 bits per heavy atom. The molecule has 3 aliphatic heterocycles. The minimum Gasteiger partial charge on any atom is -0.300 e. The molecule has 3 heterocycles. The summed E-state index contributed by atoms with van der Waals surface area (Å²) in [7, 11) is 0. The third-order valence-electron chi connectivity index (χ3n) is 5.92. The van der Waals surface area contributed by atoms with Crippen molar-refractivity contribution in [3.05, 3.63) is 0 Å². The lowest BCUT2D eigenvalue weighted by atomic mass is 9.90. The summed E-state index contributed by atoms with van der Waals surface area (Å²) >= 11 is 0. The van der Waals surface area contributed by atoms with Gasteiger partial charge in [0.1, 0.15) is 0 Å². The number of nitrogens with one attached hydrogen (secondary N) is 2. The Hall–Kier alpha value is -0.240. The van der Waals surface area contributed by atoms with Gasteiger partial charge in [0.25, 0.3) is 0 Å². The van der Waals surface area contributed by atoms with Crippen molar-refractivity contribution < 1.29 is 0 Å². The van der Waals surface area contributed by atoms with Gasteiger partial charge in [-0.2, -0.15) is 0 Å². The van der Waals surface area contributed by atoms with Gasteiger partial charge in [-0.05, 0) is 12.8 Å². The lowest BCUT2D eigenvalue weighted by molar-refractivity contribution is 0.158. The van der Waals surface area contributed by atoms with Crippen molar-refractivity contribution >= 4 is 0 Å². The van der Waals surface area contributed by atoms with Crippen LogP contribution in [0.5, 0.6) is 0 Å². The summed E-state index contributed by atoms with van der Waals surface area (Å²) in [6, 6.07) is 1.31. The number of fused-ring (bicyclic) bond motifs is 5. The molecule has 4 fully saturated rings. The fourth-order valence-electron chi connectivity index (χ4n) is 4.43. The van der Waals surface area contributed by atoms with Gasteiger partial charge in [0.05, 0.1) is 13.3 Å². The topological polar surface area (TPSA) is 37.0 Å². The van der Waals surface area contributed by atoms with Crippen molar-refractivity contribution in [2.45, 2.75) is 37.8 Å². The highest BCUT2D eigenvalue weighted by Crippen LogP contribution is 2.19. The third kappa shape index (κ3) is 3.63. The highest BCUT2D eigenvalue weighted by molar-refractivity contribution is 4.87. The van der Waals surface area contributed by atoms with Crippen LogP contribution in [0.1, 0.15) is 25.7 Å². The molecule has 0 aromatic carbocycles. The fourth-order valence-corrected chi connectivity index (χ4v) is 4.43. The minimum atomic E-state index is 0.657. The van der Waals surface area contributed by atoms with Crippen molar-refractivity contribution in [1.29, 1.82) is 0 Å². The molecule has 2 N–H and O–H groups in total. The average Bonchev–Trinajstić information content (AvgIpc) is 3.18. The summed E-state index contributed by atoms with van der Waals surface area (Å²) in [5.41, 5.74) is 0. The van der Waals surface area contributed by atoms with E-state index in [0.29, 0.717) is 12.1 Å². The summed E-state index contributed by atoms with van der Waals surface area (Å²) in [4.78, 5) is 10.4. The fraction of sp³-hybridized carbons (Fsp3) is 1.00. The van der Waals surface area contributed by atoms with Gasteiger partial charge in [0.15, 0.2) is 0 Å². The molecule has 0 spiro atoms. The molecular weight excluding hydrogens is 276 g/mol. The molecule has 0 amide bonds. The summed E-state index contributed by atoms with van der Waals surface area (Å²) in [6.45, 7) is 11.8. The second kappa shape index (κ2) is 7.11. The highest BCUT2D eigenvalue weighted by Gasteiger charge is 2.29. The molecule has 22 heavy (non-hydrogen) atoms. The van der Waals surface area contributed by atoms with Crippen LogP contribution >= 0.6 is 0 Å². The maximum absolute atomic E-state index is 3.85. The number of nitrogens with zero attached hydrogens (tertiary/aromatic N) is 4. The van der Waals surface area contributed by atoms with Gasteiger partial charge in [0.2, 0.25) is 0 Å². The zero-order chi connectivity index (χ0) is 14.8. The molecule has 4 bridgehead atoms. The van der Waals surface area contributed by atoms with Gasteiger partial charge >= 0.3 is 0 Å². The molecule has 1 aliphatic carbocycles. The van der Waals surface area contributed by atoms with Gasteiger partial charge in [-0.25, -0.2) is 0 Å². The maximum atomic E-state index is 3.85. The van der Waals surface area contributed by atoms with E-state index in [1.165, 1.54) is 65.0 Å². The van der Waals surface area contributed by atoms with Gasteiger partial charge in [-0.3, -0.25) is 30.2 Å². The number of rotatable bonds is 0. The van der Waals surface area contributed by atoms with Crippen LogP contribution in [0.15, 0.2) is 0 Å². The smallest absolute Gasteiger partial charge is 0.0519 e. The zero-order valence-corrected chi connectivity index (χ0v) is 13.8. The van der Waals surface area contributed by atoms with Gasteiger partial charge in [0, 0.05) is 64.7 Å². The highest BCUT2D eigenvalue weighted by atomic mass is 15.4. The monoisotopic (exact) mass is 308 g/mol. The molecule has 4 rings (SSSR count). The largest absolute Gasteiger partial charge is 0.300 e. The first-order chi connectivity index (χ1) is 10.9. The molecule has 0 aromatic rings. The predicted molar refractivity (Wildman–Crippen MR) is 88.3 cm³/mol. The van der Waals surface area contributed by atoms with E-state index in [2.05, 4.69) is 30.2 Å². The standard InChI is InChI=1S/C16H32N6/c1-2-4-16-15(3-1)17-11-21-9-7-19(13-21)5-6-20-8-10-22(14-20)12-18-16/h15-18H,1-14H2. The zero-order valence-electron chi connectivity index (χ0n) is 13.8. The molecule has 126 valence electrons. The van der Waals surface area contributed by atoms with E-state index < -0.39 is 0 Å². The summed E-state index contributed by atoms with van der Waals surface area (Å²) < 4.78 is 0. The van der Waals surface area contributed by atoms with Crippen LogP contribution in [0.2, 0.25) is 0 Å². The first kappa shape index (κ1) is 15.3. The van der Waals surface area contributed by atoms with E-state index in [0.717, 1.165) is 26.7 Å². The Labute approximate surface area is 134 Å². The predicted octanol–water partition coefficient (Wildman–Crippen LogP) is -0.444. The Kier molecular flexibility index (Phi) is 4.95. The molecule has 0 aromatic heterocycles. The number of hydrogen-bond acceptors (Lipinski definition) is 6. The first-order valence-corrected chi connectivity index (χ1v) is 9.23. The van der Waals surface area contributed by atoms with Crippen LogP contribution in [0.3, 0.4) is 0 Å². The Morgan fingerprint density at radius 2 is 0.955 bits per heavy atom. The van der Waals surface area contributed by atoms with E-state index >= 15 is 0 Å². The van der Waals surface area contributed by atoms with Crippen LogP contribution in [-0.4, -0.2) is 97.6 Å². The Bertz CT molecular complexity index is 331. The van der Waals surface area contributed by atoms with Crippen molar-refractivity contribution in [2.75, 3.05) is 65.9 Å². The average molecular weight is 308 g/mol. The van der Waals surface area contributed by atoms with E-state index in [4.69, 9.17) is 0 Å². The lowest BCUT2D eigenvalue weighted by Gasteiger charge is -2.35. The molecule has 6 heteroatoms. The number of hydrogen-bond donors (Lipinski definition) is 2. The van der Waals surface area contributed by atoms with Crippen LogP contribution in [0, 0.1) is 0 Å². The van der Waals surface area contributed by atoms with E-state index in [1.54, 1.807) is 0 Å². The second-order valence-electron chi connectivity index (χ2n) is 7.53. The molecule has 6 nitrogen and oxygen atoms in total. The van der Waals surface area contributed by atoms with Crippen LogP contribution < -0.4 is 10.6 Å². The van der Waals surface area contributed by atoms with Crippen molar-refractivity contribution in [3.63, 3.8) is 0 Å². The summed E-state index contributed by atoms with van der Waals surface area (Å²) in [5.74, 6) is 0. The summed E-state index contributed by atoms with van der Waals surface area (Å²) in [6.07, 6.45) is 5.45. The minimum absolute atomic E-state index is 0.657.